The van der Waals surface area contributed by atoms with Gasteiger partial charge in [-0.1, -0.05) is 53.7 Å². The molecule has 1 aromatic heterocycles. The highest BCUT2D eigenvalue weighted by atomic mass is 16.5. The monoisotopic (exact) mass is 352 g/mol. The van der Waals surface area contributed by atoms with Gasteiger partial charge in [0.05, 0.1) is 7.11 Å². The number of nitrogens with zero attached hydrogens (tertiary/aromatic N) is 2. The Kier molecular flexibility index (Phi) is 5.48. The Labute approximate surface area is 151 Å². The Bertz CT molecular complexity index is 864. The van der Waals surface area contributed by atoms with Crippen LogP contribution in [0.1, 0.15) is 28.9 Å². The number of aryl methyl sites for hydroxylation is 1. The lowest BCUT2D eigenvalue weighted by Gasteiger charge is -2.16. The van der Waals surface area contributed by atoms with Crippen molar-refractivity contribution in [3.05, 3.63) is 77.4 Å². The molecule has 0 saturated heterocycles. The second-order valence-corrected chi connectivity index (χ2v) is 5.66. The molecule has 0 aliphatic carbocycles. The molecule has 1 atom stereocenters. The number of aromatic nitrogens is 2. The minimum atomic E-state index is -0.532. The minimum absolute atomic E-state index is 0.334. The van der Waals surface area contributed by atoms with Gasteiger partial charge in [-0.05, 0) is 18.6 Å². The summed E-state index contributed by atoms with van der Waals surface area (Å²) in [5, 5.41) is 9.53. The Morgan fingerprint density at radius 2 is 1.88 bits per heavy atom. The maximum absolute atomic E-state index is 12.4. The normalized spacial score (nSPS) is 11.6. The van der Waals surface area contributed by atoms with Crippen molar-refractivity contribution in [1.82, 2.24) is 20.8 Å². The molecule has 7 heteroatoms. The van der Waals surface area contributed by atoms with E-state index in [1.54, 1.807) is 14.0 Å². The van der Waals surface area contributed by atoms with E-state index in [2.05, 4.69) is 20.8 Å². The smallest absolute Gasteiger partial charge is 0.315 e. The third-order valence-corrected chi connectivity index (χ3v) is 3.83. The minimum Gasteiger partial charge on any atom is -0.496 e. The van der Waals surface area contributed by atoms with Gasteiger partial charge < -0.3 is 19.9 Å². The number of ether oxygens (including phenoxy) is 1. The van der Waals surface area contributed by atoms with Crippen LogP contribution < -0.4 is 15.4 Å². The van der Waals surface area contributed by atoms with Gasteiger partial charge in [-0.3, -0.25) is 0 Å². The van der Waals surface area contributed by atoms with Crippen LogP contribution in [-0.4, -0.2) is 23.3 Å². The number of amides is 2. The summed E-state index contributed by atoms with van der Waals surface area (Å²) in [6.07, 6.45) is 0. The van der Waals surface area contributed by atoms with Crippen molar-refractivity contribution in [2.24, 2.45) is 0 Å². The zero-order valence-corrected chi connectivity index (χ0v) is 14.6. The van der Waals surface area contributed by atoms with E-state index in [0.29, 0.717) is 18.3 Å². The van der Waals surface area contributed by atoms with Crippen molar-refractivity contribution in [3.63, 3.8) is 0 Å². The fraction of sp³-hybridized carbons (Fsp3) is 0.211. The molecule has 134 valence electrons. The molecule has 0 fully saturated rings. The van der Waals surface area contributed by atoms with Gasteiger partial charge in [0.15, 0.2) is 5.82 Å². The maximum atomic E-state index is 12.4. The largest absolute Gasteiger partial charge is 0.496 e. The van der Waals surface area contributed by atoms with Crippen LogP contribution in [0.25, 0.3) is 0 Å². The molecule has 3 rings (SSSR count). The lowest BCUT2D eigenvalue weighted by Crippen LogP contribution is -2.38. The van der Waals surface area contributed by atoms with Gasteiger partial charge in [-0.15, -0.1) is 0 Å². The first-order valence-electron chi connectivity index (χ1n) is 8.19. The maximum Gasteiger partial charge on any atom is 0.315 e. The summed E-state index contributed by atoms with van der Waals surface area (Å²) >= 11 is 0. The first-order chi connectivity index (χ1) is 12.7. The summed E-state index contributed by atoms with van der Waals surface area (Å²) in [5.74, 6) is 1.57. The number of methoxy groups -OCH3 is 1. The highest BCUT2D eigenvalue weighted by Crippen LogP contribution is 2.20. The second kappa shape index (κ2) is 8.15. The van der Waals surface area contributed by atoms with E-state index >= 15 is 0 Å². The first kappa shape index (κ1) is 17.5. The molecule has 26 heavy (non-hydrogen) atoms. The number of hydrogen-bond acceptors (Lipinski definition) is 5. The predicted molar refractivity (Wildman–Crippen MR) is 95.7 cm³/mol. The van der Waals surface area contributed by atoms with Crippen LogP contribution in [0.3, 0.4) is 0 Å². The number of rotatable bonds is 6. The first-order valence-corrected chi connectivity index (χ1v) is 8.19. The summed E-state index contributed by atoms with van der Waals surface area (Å²) in [7, 11) is 1.60. The van der Waals surface area contributed by atoms with Gasteiger partial charge in [0, 0.05) is 12.1 Å². The Morgan fingerprint density at radius 1 is 1.15 bits per heavy atom. The molecule has 2 aromatic carbocycles. The number of nitrogens with one attached hydrogen (secondary N) is 2. The highest BCUT2D eigenvalue weighted by molar-refractivity contribution is 5.75. The summed E-state index contributed by atoms with van der Waals surface area (Å²) in [6.45, 7) is 2.07. The molecular weight excluding hydrogens is 332 g/mol. The third-order valence-electron chi connectivity index (χ3n) is 3.83. The van der Waals surface area contributed by atoms with Gasteiger partial charge in [0.25, 0.3) is 5.89 Å². The predicted octanol–water partition coefficient (Wildman–Crippen LogP) is 2.98. The van der Waals surface area contributed by atoms with E-state index < -0.39 is 6.04 Å². The van der Waals surface area contributed by atoms with Gasteiger partial charge >= 0.3 is 6.03 Å². The number of urea groups is 1. The molecular formula is C19H20N4O3. The zero-order chi connectivity index (χ0) is 18.4. The van der Waals surface area contributed by atoms with Crippen molar-refractivity contribution in [2.45, 2.75) is 19.5 Å². The van der Waals surface area contributed by atoms with E-state index in [9.17, 15) is 4.79 Å². The van der Waals surface area contributed by atoms with Crippen LogP contribution >= 0.6 is 0 Å². The summed E-state index contributed by atoms with van der Waals surface area (Å²) in [4.78, 5) is 16.7. The van der Waals surface area contributed by atoms with Gasteiger partial charge in [-0.2, -0.15) is 4.98 Å². The number of hydrogen-bond donors (Lipinski definition) is 2. The topological polar surface area (TPSA) is 89.3 Å². The molecule has 0 radical (unpaired) electrons. The van der Waals surface area contributed by atoms with E-state index in [0.717, 1.165) is 16.9 Å². The van der Waals surface area contributed by atoms with E-state index in [4.69, 9.17) is 9.26 Å². The molecule has 2 amide bonds. The molecule has 0 spiro atoms. The molecule has 0 saturated carbocycles. The second-order valence-electron chi connectivity index (χ2n) is 5.66. The zero-order valence-electron chi connectivity index (χ0n) is 14.6. The standard InChI is InChI=1S/C19H20N4O3/c1-13-21-18(26-23-13)17(14-8-4-3-5-9-14)22-19(24)20-12-15-10-6-7-11-16(15)25-2/h3-11,17H,12H2,1-2H3,(H2,20,22,24)/t17-/m0/s1. The van der Waals surface area contributed by atoms with Crippen molar-refractivity contribution in [1.29, 1.82) is 0 Å². The molecule has 3 aromatic rings. The van der Waals surface area contributed by atoms with Crippen LogP contribution in [0.2, 0.25) is 0 Å². The molecule has 0 bridgehead atoms. The number of carbonyl (C=O) groups is 1. The van der Waals surface area contributed by atoms with E-state index in [1.807, 2.05) is 54.6 Å². The lowest BCUT2D eigenvalue weighted by molar-refractivity contribution is 0.235. The Balaban J connectivity index is 1.71. The summed E-state index contributed by atoms with van der Waals surface area (Å²) in [5.41, 5.74) is 1.73. The Hall–Kier alpha value is -3.35. The number of para-hydroxylation sites is 1. The van der Waals surface area contributed by atoms with Gasteiger partial charge in [-0.25, -0.2) is 4.79 Å². The van der Waals surface area contributed by atoms with Crippen LogP contribution in [0.15, 0.2) is 59.1 Å². The van der Waals surface area contributed by atoms with E-state index in [-0.39, 0.29) is 6.03 Å². The number of benzene rings is 2. The lowest BCUT2D eigenvalue weighted by atomic mass is 10.1. The van der Waals surface area contributed by atoms with Crippen molar-refractivity contribution < 1.29 is 14.1 Å². The quantitative estimate of drug-likeness (QED) is 0.712. The van der Waals surface area contributed by atoms with Crippen LogP contribution in [0, 0.1) is 6.92 Å². The van der Waals surface area contributed by atoms with Crippen molar-refractivity contribution >= 4 is 6.03 Å². The molecule has 0 unspecified atom stereocenters. The van der Waals surface area contributed by atoms with Crippen molar-refractivity contribution in [2.75, 3.05) is 7.11 Å². The number of carbonyl (C=O) groups excluding carboxylic acids is 1. The average Bonchev–Trinajstić information content (AvgIpc) is 3.11. The summed E-state index contributed by atoms with van der Waals surface area (Å²) < 4.78 is 10.6. The molecule has 0 aliphatic rings. The van der Waals surface area contributed by atoms with Crippen molar-refractivity contribution in [3.8, 4) is 5.75 Å². The molecule has 1 heterocycles. The van der Waals surface area contributed by atoms with Crippen LogP contribution in [-0.2, 0) is 6.54 Å². The fourth-order valence-electron chi connectivity index (χ4n) is 2.57. The SMILES string of the molecule is COc1ccccc1CNC(=O)N[C@@H](c1ccccc1)c1nc(C)no1. The summed E-state index contributed by atoms with van der Waals surface area (Å²) in [6, 6.07) is 16.1. The molecule has 2 N–H and O–H groups in total. The third kappa shape index (κ3) is 4.18. The average molecular weight is 352 g/mol. The van der Waals surface area contributed by atoms with Gasteiger partial charge in [0.1, 0.15) is 11.8 Å². The van der Waals surface area contributed by atoms with Crippen LogP contribution in [0.4, 0.5) is 4.79 Å². The fourth-order valence-corrected chi connectivity index (χ4v) is 2.57. The van der Waals surface area contributed by atoms with Gasteiger partial charge in [0.2, 0.25) is 0 Å². The Morgan fingerprint density at radius 3 is 2.58 bits per heavy atom. The van der Waals surface area contributed by atoms with E-state index in [1.165, 1.54) is 0 Å². The molecule has 7 nitrogen and oxygen atoms in total. The molecule has 0 aliphatic heterocycles. The van der Waals surface area contributed by atoms with Crippen LogP contribution in [0.5, 0.6) is 5.75 Å². The highest BCUT2D eigenvalue weighted by Gasteiger charge is 2.22.